The average molecular weight is 393 g/mol. The molecule has 1 heterocycles. The number of rotatable bonds is 7. The predicted molar refractivity (Wildman–Crippen MR) is 122 cm³/mol. The van der Waals surface area contributed by atoms with E-state index in [9.17, 15) is 0 Å². The Bertz CT molecular complexity index is 914. The molecule has 5 heteroatoms. The van der Waals surface area contributed by atoms with Crippen LogP contribution in [0, 0.1) is 13.8 Å². The van der Waals surface area contributed by atoms with Crippen molar-refractivity contribution in [3.05, 3.63) is 77.1 Å². The van der Waals surface area contributed by atoms with E-state index in [2.05, 4.69) is 66.0 Å². The topological polar surface area (TPSA) is 41.9 Å². The minimum Gasteiger partial charge on any atom is -0.332 e. The number of aryl methyl sites for hydroxylation is 2. The number of anilines is 2. The summed E-state index contributed by atoms with van der Waals surface area (Å²) in [5, 5.41) is 11.8. The van der Waals surface area contributed by atoms with Gasteiger partial charge in [0.1, 0.15) is 0 Å². The molecule has 1 aromatic heterocycles. The van der Waals surface area contributed by atoms with Crippen LogP contribution in [-0.2, 0) is 13.0 Å². The lowest BCUT2D eigenvalue weighted by Crippen LogP contribution is -2.20. The number of nitrogens with one attached hydrogen (secondary N) is 2. The summed E-state index contributed by atoms with van der Waals surface area (Å²) in [6.45, 7) is 7.03. The Morgan fingerprint density at radius 2 is 1.68 bits per heavy atom. The second kappa shape index (κ2) is 9.51. The standard InChI is InChI=1S/C23H28N4S/c1-4-5-9-19-12-14-21(15-13-19)24-23(28)25-22-17(2)26-27(18(22)3)16-20-10-7-6-8-11-20/h6-8,10-15H,4-5,9,16H2,1-3H3,(H2,24,25,28). The Morgan fingerprint density at radius 1 is 0.964 bits per heavy atom. The second-order valence-corrected chi connectivity index (χ2v) is 7.48. The van der Waals surface area contributed by atoms with Gasteiger partial charge in [0.2, 0.25) is 0 Å². The van der Waals surface area contributed by atoms with Crippen molar-refractivity contribution in [3.63, 3.8) is 0 Å². The molecule has 146 valence electrons. The van der Waals surface area contributed by atoms with Gasteiger partial charge in [0.15, 0.2) is 5.11 Å². The van der Waals surface area contributed by atoms with Crippen LogP contribution in [0.15, 0.2) is 54.6 Å². The normalized spacial score (nSPS) is 10.7. The third-order valence-corrected chi connectivity index (χ3v) is 5.03. The Morgan fingerprint density at radius 3 is 2.36 bits per heavy atom. The lowest BCUT2D eigenvalue weighted by Gasteiger charge is -2.12. The van der Waals surface area contributed by atoms with E-state index in [0.29, 0.717) is 5.11 Å². The minimum atomic E-state index is 0.576. The van der Waals surface area contributed by atoms with Crippen LogP contribution in [0.4, 0.5) is 11.4 Å². The monoisotopic (exact) mass is 392 g/mol. The smallest absolute Gasteiger partial charge is 0.175 e. The zero-order valence-corrected chi connectivity index (χ0v) is 17.6. The van der Waals surface area contributed by atoms with Gasteiger partial charge in [-0.05, 0) is 62.2 Å². The molecule has 28 heavy (non-hydrogen) atoms. The van der Waals surface area contributed by atoms with Crippen LogP contribution < -0.4 is 10.6 Å². The van der Waals surface area contributed by atoms with E-state index in [1.807, 2.05) is 29.8 Å². The molecule has 0 saturated carbocycles. The van der Waals surface area contributed by atoms with Gasteiger partial charge in [0, 0.05) is 5.69 Å². The molecule has 2 aromatic carbocycles. The van der Waals surface area contributed by atoms with E-state index in [0.717, 1.165) is 35.7 Å². The van der Waals surface area contributed by atoms with Gasteiger partial charge in [-0.15, -0.1) is 0 Å². The molecular weight excluding hydrogens is 364 g/mol. The van der Waals surface area contributed by atoms with Crippen molar-refractivity contribution in [1.82, 2.24) is 9.78 Å². The molecule has 0 aliphatic rings. The zero-order valence-electron chi connectivity index (χ0n) is 16.8. The quantitative estimate of drug-likeness (QED) is 0.506. The van der Waals surface area contributed by atoms with Crippen LogP contribution in [0.25, 0.3) is 0 Å². The van der Waals surface area contributed by atoms with E-state index >= 15 is 0 Å². The maximum Gasteiger partial charge on any atom is 0.175 e. The Balaban J connectivity index is 1.64. The highest BCUT2D eigenvalue weighted by molar-refractivity contribution is 7.80. The maximum absolute atomic E-state index is 5.52. The second-order valence-electron chi connectivity index (χ2n) is 7.07. The van der Waals surface area contributed by atoms with Crippen LogP contribution in [0.5, 0.6) is 0 Å². The van der Waals surface area contributed by atoms with Gasteiger partial charge < -0.3 is 10.6 Å². The van der Waals surface area contributed by atoms with Crippen molar-refractivity contribution in [2.75, 3.05) is 10.6 Å². The summed E-state index contributed by atoms with van der Waals surface area (Å²) >= 11 is 5.52. The van der Waals surface area contributed by atoms with Crippen molar-refractivity contribution >= 4 is 28.7 Å². The van der Waals surface area contributed by atoms with Gasteiger partial charge in [0.05, 0.1) is 23.6 Å². The highest BCUT2D eigenvalue weighted by atomic mass is 32.1. The largest absolute Gasteiger partial charge is 0.332 e. The van der Waals surface area contributed by atoms with Gasteiger partial charge in [-0.3, -0.25) is 4.68 Å². The highest BCUT2D eigenvalue weighted by Crippen LogP contribution is 2.21. The number of thiocarbonyl (C=S) groups is 1. The van der Waals surface area contributed by atoms with Gasteiger partial charge in [-0.25, -0.2) is 0 Å². The van der Waals surface area contributed by atoms with Crippen molar-refractivity contribution < 1.29 is 0 Å². The molecule has 0 amide bonds. The molecule has 0 fully saturated rings. The van der Waals surface area contributed by atoms with Crippen LogP contribution >= 0.6 is 12.2 Å². The van der Waals surface area contributed by atoms with Gasteiger partial charge in [-0.2, -0.15) is 5.10 Å². The Kier molecular flexibility index (Phi) is 6.82. The first-order chi connectivity index (χ1) is 13.6. The number of aromatic nitrogens is 2. The Hall–Kier alpha value is -2.66. The number of hydrogen-bond donors (Lipinski definition) is 2. The fraction of sp³-hybridized carbons (Fsp3) is 0.304. The van der Waals surface area contributed by atoms with E-state index in [1.54, 1.807) is 0 Å². The zero-order chi connectivity index (χ0) is 19.9. The summed E-state index contributed by atoms with van der Waals surface area (Å²) in [5.74, 6) is 0. The van der Waals surface area contributed by atoms with Gasteiger partial charge >= 0.3 is 0 Å². The maximum atomic E-state index is 5.52. The van der Waals surface area contributed by atoms with E-state index < -0.39 is 0 Å². The van der Waals surface area contributed by atoms with Crippen LogP contribution in [-0.4, -0.2) is 14.9 Å². The molecule has 0 aliphatic carbocycles. The molecular formula is C23H28N4S. The molecule has 0 unspecified atom stereocenters. The van der Waals surface area contributed by atoms with Crippen molar-refractivity contribution in [2.45, 2.75) is 46.6 Å². The summed E-state index contributed by atoms with van der Waals surface area (Å²) in [6.07, 6.45) is 3.56. The first-order valence-electron chi connectivity index (χ1n) is 9.81. The van der Waals surface area contributed by atoms with Crippen LogP contribution in [0.2, 0.25) is 0 Å². The van der Waals surface area contributed by atoms with E-state index in [4.69, 9.17) is 12.2 Å². The average Bonchev–Trinajstić information content (AvgIpc) is 2.95. The molecule has 2 N–H and O–H groups in total. The van der Waals surface area contributed by atoms with Crippen LogP contribution in [0.3, 0.4) is 0 Å². The SMILES string of the molecule is CCCCc1ccc(NC(=S)Nc2c(C)nn(Cc3ccccc3)c2C)cc1. The summed E-state index contributed by atoms with van der Waals surface area (Å²) < 4.78 is 2.01. The lowest BCUT2D eigenvalue weighted by molar-refractivity contribution is 0.659. The fourth-order valence-corrected chi connectivity index (χ4v) is 3.42. The molecule has 0 saturated heterocycles. The van der Waals surface area contributed by atoms with E-state index in [1.165, 1.54) is 24.0 Å². The van der Waals surface area contributed by atoms with Crippen molar-refractivity contribution in [2.24, 2.45) is 0 Å². The first-order valence-corrected chi connectivity index (χ1v) is 10.2. The van der Waals surface area contributed by atoms with Gasteiger partial charge in [0.25, 0.3) is 0 Å². The lowest BCUT2D eigenvalue weighted by atomic mass is 10.1. The molecule has 0 atom stereocenters. The third-order valence-electron chi connectivity index (χ3n) is 4.83. The van der Waals surface area contributed by atoms with Gasteiger partial charge in [-0.1, -0.05) is 55.8 Å². The fourth-order valence-electron chi connectivity index (χ4n) is 3.20. The number of benzene rings is 2. The molecule has 3 aromatic rings. The highest BCUT2D eigenvalue weighted by Gasteiger charge is 2.13. The number of hydrogen-bond acceptors (Lipinski definition) is 2. The number of unbranched alkanes of at least 4 members (excludes halogenated alkanes) is 1. The predicted octanol–water partition coefficient (Wildman–Crippen LogP) is 5.70. The summed E-state index contributed by atoms with van der Waals surface area (Å²) in [7, 11) is 0. The molecule has 4 nitrogen and oxygen atoms in total. The van der Waals surface area contributed by atoms with Crippen molar-refractivity contribution in [1.29, 1.82) is 0 Å². The van der Waals surface area contributed by atoms with Crippen LogP contribution in [0.1, 0.15) is 42.3 Å². The summed E-state index contributed by atoms with van der Waals surface area (Å²) in [5.41, 5.74) is 6.55. The molecule has 0 bridgehead atoms. The molecule has 0 spiro atoms. The molecule has 3 rings (SSSR count). The summed E-state index contributed by atoms with van der Waals surface area (Å²) in [4.78, 5) is 0. The molecule has 0 radical (unpaired) electrons. The van der Waals surface area contributed by atoms with E-state index in [-0.39, 0.29) is 0 Å². The Labute approximate surface area is 173 Å². The third kappa shape index (κ3) is 5.20. The van der Waals surface area contributed by atoms with Crippen molar-refractivity contribution in [3.8, 4) is 0 Å². The number of nitrogens with zero attached hydrogens (tertiary/aromatic N) is 2. The summed E-state index contributed by atoms with van der Waals surface area (Å²) in [6, 6.07) is 18.8. The molecule has 0 aliphatic heterocycles. The minimum absolute atomic E-state index is 0.576. The first kappa shape index (κ1) is 20.1.